The smallest absolute Gasteiger partial charge is 0.357 e. The van der Waals surface area contributed by atoms with E-state index in [2.05, 4.69) is 22.0 Å². The number of ether oxygens (including phenoxy) is 1. The number of hydrogen-bond donors (Lipinski definition) is 0. The summed E-state index contributed by atoms with van der Waals surface area (Å²) in [7, 11) is 0. The first-order valence-corrected chi connectivity index (χ1v) is 8.08. The third-order valence-electron chi connectivity index (χ3n) is 4.47. The van der Waals surface area contributed by atoms with Crippen molar-refractivity contribution in [3.63, 3.8) is 0 Å². The molecule has 0 N–H and O–H groups in total. The first-order chi connectivity index (χ1) is 11.8. The van der Waals surface area contributed by atoms with Crippen LogP contribution in [0.2, 0.25) is 0 Å². The highest BCUT2D eigenvalue weighted by molar-refractivity contribution is 6.00. The summed E-state index contributed by atoms with van der Waals surface area (Å²) in [4.78, 5) is 18.8. The third kappa shape index (κ3) is 2.90. The number of carbonyl (C=O) groups excluding carboxylic acids is 1. The Balaban J connectivity index is 1.36. The van der Waals surface area contributed by atoms with Gasteiger partial charge in [-0.25, -0.2) is 9.78 Å². The van der Waals surface area contributed by atoms with Crippen molar-refractivity contribution in [1.82, 2.24) is 9.88 Å². The van der Waals surface area contributed by atoms with Crippen LogP contribution in [0, 0.1) is 0 Å². The molecule has 0 amide bonds. The van der Waals surface area contributed by atoms with E-state index < -0.39 is 5.97 Å². The van der Waals surface area contributed by atoms with Crippen molar-refractivity contribution in [1.29, 1.82) is 0 Å². The number of esters is 1. The van der Waals surface area contributed by atoms with Gasteiger partial charge in [-0.3, -0.25) is 4.90 Å². The van der Waals surface area contributed by atoms with Gasteiger partial charge in [-0.2, -0.15) is 0 Å². The van der Waals surface area contributed by atoms with E-state index in [4.69, 9.17) is 9.15 Å². The minimum absolute atomic E-state index is 0.276. The highest BCUT2D eigenvalue weighted by Gasteiger charge is 2.29. The zero-order valence-corrected chi connectivity index (χ0v) is 13.2. The molecule has 0 saturated carbocycles. The average Bonchev–Trinajstić information content (AvgIpc) is 3.08. The number of hydrogen-bond acceptors (Lipinski definition) is 5. The normalized spacial score (nSPS) is 17.6. The fraction of sp³-hybridized carbons (Fsp3) is 0.263. The van der Waals surface area contributed by atoms with Crippen LogP contribution in [0.1, 0.15) is 22.5 Å². The van der Waals surface area contributed by atoms with Crippen molar-refractivity contribution in [2.24, 2.45) is 0 Å². The van der Waals surface area contributed by atoms with Crippen molar-refractivity contribution in [2.45, 2.75) is 19.0 Å². The summed E-state index contributed by atoms with van der Waals surface area (Å²) < 4.78 is 10.8. The molecular formula is C19H18N2O3. The van der Waals surface area contributed by atoms with Crippen LogP contribution in [-0.2, 0) is 11.3 Å². The number of rotatable bonds is 5. The fourth-order valence-electron chi connectivity index (χ4n) is 3.01. The van der Waals surface area contributed by atoms with Crippen LogP contribution >= 0.6 is 0 Å². The van der Waals surface area contributed by atoms with Gasteiger partial charge in [0.15, 0.2) is 5.69 Å². The van der Waals surface area contributed by atoms with E-state index in [-0.39, 0.29) is 6.04 Å². The standard InChI is InChI=1S/C19H18N2O3/c22-19(18-16-8-11-23-17(16)6-9-20-18)24-13-15-7-10-21(15)12-14-4-2-1-3-5-14/h1-6,8-9,11,15H,7,10,12-13H2. The van der Waals surface area contributed by atoms with Crippen LogP contribution in [0.15, 0.2) is 59.3 Å². The van der Waals surface area contributed by atoms with Crippen LogP contribution < -0.4 is 0 Å². The summed E-state index contributed by atoms with van der Waals surface area (Å²) in [6.45, 7) is 2.31. The largest absolute Gasteiger partial charge is 0.464 e. The number of furan rings is 1. The van der Waals surface area contributed by atoms with Gasteiger partial charge in [-0.15, -0.1) is 0 Å². The summed E-state index contributed by atoms with van der Waals surface area (Å²) in [5.41, 5.74) is 2.24. The first-order valence-electron chi connectivity index (χ1n) is 8.08. The lowest BCUT2D eigenvalue weighted by Gasteiger charge is -2.40. The maximum Gasteiger partial charge on any atom is 0.357 e. The Morgan fingerprint density at radius 2 is 2.12 bits per heavy atom. The molecule has 4 rings (SSSR count). The number of pyridine rings is 1. The lowest BCUT2D eigenvalue weighted by atomic mass is 10.0. The zero-order valence-electron chi connectivity index (χ0n) is 13.2. The summed E-state index contributed by atoms with van der Waals surface area (Å²) in [6, 6.07) is 14.1. The lowest BCUT2D eigenvalue weighted by molar-refractivity contribution is 0.00495. The second-order valence-electron chi connectivity index (χ2n) is 5.99. The fourth-order valence-corrected chi connectivity index (χ4v) is 3.01. The van der Waals surface area contributed by atoms with E-state index in [1.165, 1.54) is 5.56 Å². The van der Waals surface area contributed by atoms with Gasteiger partial charge in [-0.05, 0) is 24.1 Å². The van der Waals surface area contributed by atoms with Gasteiger partial charge in [0.05, 0.1) is 11.6 Å². The number of carbonyl (C=O) groups is 1. The van der Waals surface area contributed by atoms with E-state index >= 15 is 0 Å². The van der Waals surface area contributed by atoms with Crippen molar-refractivity contribution >= 4 is 16.9 Å². The first kappa shape index (κ1) is 14.9. The van der Waals surface area contributed by atoms with Crippen LogP contribution in [0.5, 0.6) is 0 Å². The molecule has 1 aliphatic heterocycles. The van der Waals surface area contributed by atoms with Crippen LogP contribution in [0.4, 0.5) is 0 Å². The number of benzene rings is 1. The Hall–Kier alpha value is -2.66. The second kappa shape index (κ2) is 6.45. The minimum atomic E-state index is -0.395. The van der Waals surface area contributed by atoms with Crippen molar-refractivity contribution in [3.8, 4) is 0 Å². The van der Waals surface area contributed by atoms with E-state index in [0.717, 1.165) is 19.5 Å². The molecule has 0 radical (unpaired) electrons. The molecule has 0 spiro atoms. The predicted molar refractivity (Wildman–Crippen MR) is 89.5 cm³/mol. The molecule has 1 fully saturated rings. The molecule has 1 saturated heterocycles. The van der Waals surface area contributed by atoms with Crippen LogP contribution in [0.3, 0.4) is 0 Å². The Morgan fingerprint density at radius 1 is 1.25 bits per heavy atom. The highest BCUT2D eigenvalue weighted by atomic mass is 16.5. The zero-order chi connectivity index (χ0) is 16.4. The number of fused-ring (bicyclic) bond motifs is 1. The van der Waals surface area contributed by atoms with Crippen molar-refractivity contribution in [2.75, 3.05) is 13.2 Å². The van der Waals surface area contributed by atoms with Gasteiger partial charge in [-0.1, -0.05) is 30.3 Å². The molecule has 0 aliphatic carbocycles. The summed E-state index contributed by atoms with van der Waals surface area (Å²) in [6.07, 6.45) is 4.16. The van der Waals surface area contributed by atoms with Gasteiger partial charge in [0, 0.05) is 25.3 Å². The maximum absolute atomic E-state index is 12.3. The number of likely N-dealkylation sites (tertiary alicyclic amines) is 1. The van der Waals surface area contributed by atoms with E-state index in [9.17, 15) is 4.79 Å². The third-order valence-corrected chi connectivity index (χ3v) is 4.47. The SMILES string of the molecule is O=C(OCC1CCN1Cc1ccccc1)c1nccc2occc12. The number of nitrogens with zero attached hydrogens (tertiary/aromatic N) is 2. The quantitative estimate of drug-likeness (QED) is 0.675. The number of aromatic nitrogens is 1. The molecular weight excluding hydrogens is 304 g/mol. The molecule has 5 heteroatoms. The summed E-state index contributed by atoms with van der Waals surface area (Å²) >= 11 is 0. The van der Waals surface area contributed by atoms with Gasteiger partial charge in [0.2, 0.25) is 0 Å². The average molecular weight is 322 g/mol. The molecule has 3 aromatic rings. The molecule has 1 aromatic carbocycles. The maximum atomic E-state index is 12.3. The van der Waals surface area contributed by atoms with Gasteiger partial charge >= 0.3 is 5.97 Å². The molecule has 2 aromatic heterocycles. The van der Waals surface area contributed by atoms with Gasteiger partial charge in [0.1, 0.15) is 12.2 Å². The molecule has 3 heterocycles. The Kier molecular flexibility index (Phi) is 4.01. The van der Waals surface area contributed by atoms with Gasteiger partial charge < -0.3 is 9.15 Å². The monoisotopic (exact) mass is 322 g/mol. The summed E-state index contributed by atoms with van der Waals surface area (Å²) in [5.74, 6) is -0.395. The molecule has 0 bridgehead atoms. The van der Waals surface area contributed by atoms with Crippen molar-refractivity contribution in [3.05, 3.63) is 66.2 Å². The summed E-state index contributed by atoms with van der Waals surface area (Å²) in [5, 5.41) is 0.692. The van der Waals surface area contributed by atoms with Crippen LogP contribution in [-0.4, -0.2) is 35.0 Å². The lowest BCUT2D eigenvalue weighted by Crippen LogP contribution is -2.49. The molecule has 1 unspecified atom stereocenters. The minimum Gasteiger partial charge on any atom is -0.464 e. The van der Waals surface area contributed by atoms with Crippen molar-refractivity contribution < 1.29 is 13.9 Å². The molecule has 24 heavy (non-hydrogen) atoms. The molecule has 1 aliphatic rings. The van der Waals surface area contributed by atoms with Crippen LogP contribution in [0.25, 0.3) is 11.0 Å². The molecule has 1 atom stereocenters. The Bertz CT molecular complexity index is 844. The molecule has 122 valence electrons. The van der Waals surface area contributed by atoms with E-state index in [1.54, 1.807) is 24.6 Å². The molecule has 5 nitrogen and oxygen atoms in total. The Labute approximate surface area is 139 Å². The highest BCUT2D eigenvalue weighted by Crippen LogP contribution is 2.22. The van der Waals surface area contributed by atoms with E-state index in [1.807, 2.05) is 18.2 Å². The Morgan fingerprint density at radius 3 is 2.92 bits per heavy atom. The van der Waals surface area contributed by atoms with E-state index in [0.29, 0.717) is 23.3 Å². The topological polar surface area (TPSA) is 55.6 Å². The predicted octanol–water partition coefficient (Wildman–Crippen LogP) is 3.26. The second-order valence-corrected chi connectivity index (χ2v) is 5.99. The van der Waals surface area contributed by atoms with Gasteiger partial charge in [0.25, 0.3) is 0 Å².